The lowest BCUT2D eigenvalue weighted by Gasteiger charge is -2.32. The third-order valence-corrected chi connectivity index (χ3v) is 5.38. The number of hydrogen-bond acceptors (Lipinski definition) is 5. The van der Waals surface area contributed by atoms with E-state index in [0.717, 1.165) is 77.9 Å². The van der Waals surface area contributed by atoms with Crippen LogP contribution in [0, 0.1) is 0 Å². The summed E-state index contributed by atoms with van der Waals surface area (Å²) in [4.78, 5) is 11.6. The van der Waals surface area contributed by atoms with E-state index in [1.807, 2.05) is 7.05 Å². The highest BCUT2D eigenvalue weighted by atomic mass is 127. The molecule has 0 spiro atoms. The molecule has 0 aromatic heterocycles. The Bertz CT molecular complexity index is 590. The van der Waals surface area contributed by atoms with E-state index in [2.05, 4.69) is 68.7 Å². The Morgan fingerprint density at radius 1 is 1.07 bits per heavy atom. The molecule has 0 aliphatic carbocycles. The highest BCUT2D eigenvalue weighted by molar-refractivity contribution is 14.0. The number of benzene rings is 1. The van der Waals surface area contributed by atoms with Gasteiger partial charge in [-0.25, -0.2) is 0 Å². The molecule has 30 heavy (non-hydrogen) atoms. The molecule has 2 N–H and O–H groups in total. The van der Waals surface area contributed by atoms with Crippen molar-refractivity contribution < 1.29 is 4.74 Å². The average molecular weight is 533 g/mol. The number of piperazine rings is 1. The molecule has 0 amide bonds. The molecule has 0 unspecified atom stereocenters. The van der Waals surface area contributed by atoms with E-state index < -0.39 is 0 Å². The Morgan fingerprint density at radius 3 is 2.37 bits per heavy atom. The molecule has 0 saturated carbocycles. The zero-order valence-electron chi connectivity index (χ0n) is 19.2. The molecule has 1 fully saturated rings. The molecule has 1 saturated heterocycles. The van der Waals surface area contributed by atoms with Gasteiger partial charge in [-0.2, -0.15) is 0 Å². The largest absolute Gasteiger partial charge is 0.385 e. The van der Waals surface area contributed by atoms with Crippen molar-refractivity contribution in [3.8, 4) is 0 Å². The van der Waals surface area contributed by atoms with Gasteiger partial charge in [0.2, 0.25) is 0 Å². The highest BCUT2D eigenvalue weighted by Crippen LogP contribution is 2.09. The summed E-state index contributed by atoms with van der Waals surface area (Å²) in [7, 11) is 7.90. The Balaban J connectivity index is 0.00000450. The summed E-state index contributed by atoms with van der Waals surface area (Å²) in [5, 5.41) is 6.79. The van der Waals surface area contributed by atoms with E-state index in [9.17, 15) is 0 Å². The average Bonchev–Trinajstić information content (AvgIpc) is 2.73. The topological polar surface area (TPSA) is 55.4 Å². The Morgan fingerprint density at radius 2 is 1.73 bits per heavy atom. The zero-order valence-corrected chi connectivity index (χ0v) is 21.5. The van der Waals surface area contributed by atoms with Crippen LogP contribution in [-0.2, 0) is 17.8 Å². The number of likely N-dealkylation sites (N-methyl/N-ethyl adjacent to an activating group) is 2. The number of halogens is 1. The molecule has 0 atom stereocenters. The Hall–Kier alpha value is -0.940. The zero-order chi connectivity index (χ0) is 20.9. The summed E-state index contributed by atoms with van der Waals surface area (Å²) in [6.45, 7) is 10.2. The highest BCUT2D eigenvalue weighted by Gasteiger charge is 2.13. The lowest BCUT2D eigenvalue weighted by molar-refractivity contribution is 0.148. The molecule has 172 valence electrons. The van der Waals surface area contributed by atoms with Crippen LogP contribution in [0.4, 0.5) is 0 Å². The molecule has 0 radical (unpaired) electrons. The Kier molecular flexibility index (Phi) is 14.3. The number of nitrogens with zero attached hydrogens (tertiary/aromatic N) is 4. The van der Waals surface area contributed by atoms with Crippen molar-refractivity contribution >= 4 is 29.9 Å². The molecule has 1 aliphatic heterocycles. The van der Waals surface area contributed by atoms with E-state index >= 15 is 0 Å². The van der Waals surface area contributed by atoms with Gasteiger partial charge in [0.1, 0.15) is 0 Å². The summed E-state index contributed by atoms with van der Waals surface area (Å²) in [5.74, 6) is 0.844. The van der Waals surface area contributed by atoms with Gasteiger partial charge in [0, 0.05) is 79.7 Å². The van der Waals surface area contributed by atoms with Crippen molar-refractivity contribution in [2.24, 2.45) is 4.99 Å². The smallest absolute Gasteiger partial charge is 0.191 e. The molecule has 1 aromatic carbocycles. The summed E-state index contributed by atoms with van der Waals surface area (Å²) in [6.07, 6.45) is 1.06. The summed E-state index contributed by atoms with van der Waals surface area (Å²) >= 11 is 0. The molecule has 0 bridgehead atoms. The van der Waals surface area contributed by atoms with Crippen molar-refractivity contribution in [1.82, 2.24) is 25.3 Å². The number of ether oxygens (including phenoxy) is 1. The van der Waals surface area contributed by atoms with Gasteiger partial charge < -0.3 is 25.2 Å². The maximum Gasteiger partial charge on any atom is 0.191 e. The fraction of sp³-hybridized carbons (Fsp3) is 0.682. The summed E-state index contributed by atoms with van der Waals surface area (Å²) in [5.41, 5.74) is 2.66. The minimum absolute atomic E-state index is 0. The van der Waals surface area contributed by atoms with Crippen LogP contribution in [0.2, 0.25) is 0 Å². The second kappa shape index (κ2) is 15.8. The first-order valence-electron chi connectivity index (χ1n) is 10.7. The molecule has 8 heteroatoms. The minimum atomic E-state index is 0. The quantitative estimate of drug-likeness (QED) is 0.196. The third-order valence-electron chi connectivity index (χ3n) is 5.38. The van der Waals surface area contributed by atoms with Crippen molar-refractivity contribution in [3.05, 3.63) is 35.4 Å². The van der Waals surface area contributed by atoms with Crippen LogP contribution >= 0.6 is 24.0 Å². The molecule has 1 aromatic rings. The molecular weight excluding hydrogens is 491 g/mol. The fourth-order valence-electron chi connectivity index (χ4n) is 3.39. The number of rotatable bonds is 11. The van der Waals surface area contributed by atoms with Gasteiger partial charge in [-0.05, 0) is 31.6 Å². The molecule has 1 aliphatic rings. The SMILES string of the molecule is CN=C(NCCN(C)CCCOC)NCc1ccc(CN2CCN(C)CC2)cc1.I. The number of methoxy groups -OCH3 is 1. The van der Waals surface area contributed by atoms with E-state index in [0.29, 0.717) is 0 Å². The summed E-state index contributed by atoms with van der Waals surface area (Å²) < 4.78 is 5.10. The molecular formula is C22H41IN6O. The van der Waals surface area contributed by atoms with Gasteiger partial charge in [-0.3, -0.25) is 9.89 Å². The van der Waals surface area contributed by atoms with Crippen molar-refractivity contribution in [1.29, 1.82) is 0 Å². The van der Waals surface area contributed by atoms with Crippen LogP contribution in [0.25, 0.3) is 0 Å². The predicted octanol–water partition coefficient (Wildman–Crippen LogP) is 1.69. The predicted molar refractivity (Wildman–Crippen MR) is 137 cm³/mol. The molecule has 7 nitrogen and oxygen atoms in total. The first-order chi connectivity index (χ1) is 14.1. The van der Waals surface area contributed by atoms with E-state index in [4.69, 9.17) is 4.74 Å². The standard InChI is InChI=1S/C22H40N6O.HI/c1-23-22(24-10-12-26(2)11-5-17-29-4)25-18-20-6-8-21(9-7-20)19-28-15-13-27(3)14-16-28;/h6-9H,5,10-19H2,1-4H3,(H2,23,24,25);1H. The van der Waals surface area contributed by atoms with Crippen LogP contribution in [-0.4, -0.2) is 101 Å². The first kappa shape index (κ1) is 27.1. The van der Waals surface area contributed by atoms with Gasteiger partial charge in [-0.15, -0.1) is 24.0 Å². The van der Waals surface area contributed by atoms with E-state index in [1.54, 1.807) is 7.11 Å². The van der Waals surface area contributed by atoms with Gasteiger partial charge in [-0.1, -0.05) is 24.3 Å². The number of aliphatic imine (C=N–C) groups is 1. The Labute approximate surface area is 200 Å². The monoisotopic (exact) mass is 532 g/mol. The number of hydrogen-bond donors (Lipinski definition) is 2. The van der Waals surface area contributed by atoms with Crippen LogP contribution in [0.1, 0.15) is 17.5 Å². The number of nitrogens with one attached hydrogen (secondary N) is 2. The second-order valence-corrected chi connectivity index (χ2v) is 7.90. The van der Waals surface area contributed by atoms with E-state index in [1.165, 1.54) is 11.1 Å². The maximum absolute atomic E-state index is 5.10. The maximum atomic E-state index is 5.10. The van der Waals surface area contributed by atoms with Crippen LogP contribution in [0.15, 0.2) is 29.3 Å². The molecule has 2 rings (SSSR count). The van der Waals surface area contributed by atoms with E-state index in [-0.39, 0.29) is 24.0 Å². The summed E-state index contributed by atoms with van der Waals surface area (Å²) in [6, 6.07) is 8.94. The van der Waals surface area contributed by atoms with Gasteiger partial charge in [0.15, 0.2) is 5.96 Å². The van der Waals surface area contributed by atoms with Crippen molar-refractivity contribution in [2.45, 2.75) is 19.5 Å². The number of guanidine groups is 1. The first-order valence-corrected chi connectivity index (χ1v) is 10.7. The van der Waals surface area contributed by atoms with Gasteiger partial charge in [0.25, 0.3) is 0 Å². The second-order valence-electron chi connectivity index (χ2n) is 7.90. The third kappa shape index (κ3) is 10.9. The lowest BCUT2D eigenvalue weighted by Crippen LogP contribution is -2.43. The van der Waals surface area contributed by atoms with Crippen LogP contribution in [0.5, 0.6) is 0 Å². The van der Waals surface area contributed by atoms with Gasteiger partial charge in [0.05, 0.1) is 0 Å². The van der Waals surface area contributed by atoms with Gasteiger partial charge >= 0.3 is 0 Å². The van der Waals surface area contributed by atoms with Crippen LogP contribution in [0.3, 0.4) is 0 Å². The lowest BCUT2D eigenvalue weighted by atomic mass is 10.1. The fourth-order valence-corrected chi connectivity index (χ4v) is 3.39. The normalized spacial score (nSPS) is 15.8. The van der Waals surface area contributed by atoms with Crippen LogP contribution < -0.4 is 10.6 Å². The van der Waals surface area contributed by atoms with Crippen molar-refractivity contribution in [3.63, 3.8) is 0 Å². The minimum Gasteiger partial charge on any atom is -0.385 e. The van der Waals surface area contributed by atoms with Crippen molar-refractivity contribution in [2.75, 3.05) is 80.7 Å². The molecule has 1 heterocycles.